The molecule has 0 fully saturated rings. The van der Waals surface area contributed by atoms with E-state index in [0.29, 0.717) is 11.5 Å². The van der Waals surface area contributed by atoms with Crippen molar-refractivity contribution in [2.45, 2.75) is 6.18 Å². The fourth-order valence-electron chi connectivity index (χ4n) is 2.44. The highest BCUT2D eigenvalue weighted by molar-refractivity contribution is 5.95. The van der Waals surface area contributed by atoms with E-state index in [1.54, 1.807) is 24.3 Å². The molecular formula is C22H16F3NO4. The monoisotopic (exact) mass is 415 g/mol. The lowest BCUT2D eigenvalue weighted by Crippen LogP contribution is -2.21. The number of nitrogens with one attached hydrogen (secondary N) is 1. The molecule has 5 nitrogen and oxygen atoms in total. The van der Waals surface area contributed by atoms with E-state index in [1.165, 1.54) is 12.1 Å². The summed E-state index contributed by atoms with van der Waals surface area (Å²) < 4.78 is 48.1. The second-order valence-corrected chi connectivity index (χ2v) is 6.14. The summed E-state index contributed by atoms with van der Waals surface area (Å²) in [6.07, 6.45) is -4.46. The second-order valence-electron chi connectivity index (χ2n) is 6.14. The molecule has 0 aromatic heterocycles. The zero-order chi connectivity index (χ0) is 21.6. The molecule has 3 aromatic carbocycles. The van der Waals surface area contributed by atoms with Crippen LogP contribution in [0, 0.1) is 0 Å². The van der Waals surface area contributed by atoms with Crippen molar-refractivity contribution in [3.63, 3.8) is 0 Å². The average Bonchev–Trinajstić information content (AvgIpc) is 2.73. The number of esters is 1. The number of para-hydroxylation sites is 1. The highest BCUT2D eigenvalue weighted by Crippen LogP contribution is 2.29. The summed E-state index contributed by atoms with van der Waals surface area (Å²) >= 11 is 0. The number of hydrogen-bond donors (Lipinski definition) is 1. The standard InChI is InChI=1S/C22H16F3NO4/c23-22(24,25)16-8-10-17(11-9-16)26-20(27)14-29-21(28)15-6-12-19(13-7-15)30-18-4-2-1-3-5-18/h1-13H,14H2,(H,26,27). The molecule has 1 amide bonds. The third kappa shape index (κ3) is 5.84. The molecule has 0 bridgehead atoms. The third-order valence-electron chi connectivity index (χ3n) is 3.90. The lowest BCUT2D eigenvalue weighted by atomic mass is 10.2. The molecule has 8 heteroatoms. The molecule has 3 aromatic rings. The van der Waals surface area contributed by atoms with E-state index >= 15 is 0 Å². The van der Waals surface area contributed by atoms with Crippen molar-refractivity contribution in [2.75, 3.05) is 11.9 Å². The van der Waals surface area contributed by atoms with E-state index < -0.39 is 30.2 Å². The first kappa shape index (κ1) is 20.9. The van der Waals surface area contributed by atoms with Gasteiger partial charge in [-0.25, -0.2) is 4.79 Å². The Morgan fingerprint density at radius 2 is 1.40 bits per heavy atom. The maximum absolute atomic E-state index is 12.5. The van der Waals surface area contributed by atoms with E-state index in [-0.39, 0.29) is 11.3 Å². The van der Waals surface area contributed by atoms with Gasteiger partial charge in [-0.2, -0.15) is 13.2 Å². The molecule has 154 valence electrons. The minimum atomic E-state index is -4.46. The fourth-order valence-corrected chi connectivity index (χ4v) is 2.44. The first-order valence-corrected chi connectivity index (χ1v) is 8.78. The first-order valence-electron chi connectivity index (χ1n) is 8.78. The number of rotatable bonds is 6. The van der Waals surface area contributed by atoms with Gasteiger partial charge in [-0.05, 0) is 60.7 Å². The van der Waals surface area contributed by atoms with E-state index in [0.717, 1.165) is 24.3 Å². The van der Waals surface area contributed by atoms with Gasteiger partial charge in [-0.3, -0.25) is 4.79 Å². The molecule has 1 N–H and O–H groups in total. The van der Waals surface area contributed by atoms with Crippen LogP contribution in [0.1, 0.15) is 15.9 Å². The maximum Gasteiger partial charge on any atom is 0.416 e. The quantitative estimate of drug-likeness (QED) is 0.556. The Balaban J connectivity index is 1.49. The molecule has 0 aliphatic rings. The number of ether oxygens (including phenoxy) is 2. The zero-order valence-electron chi connectivity index (χ0n) is 15.5. The Morgan fingerprint density at radius 1 is 0.800 bits per heavy atom. The van der Waals surface area contributed by atoms with Gasteiger partial charge in [0, 0.05) is 5.69 Å². The lowest BCUT2D eigenvalue weighted by Gasteiger charge is -2.09. The molecule has 0 unspecified atom stereocenters. The SMILES string of the molecule is O=C(COC(=O)c1ccc(Oc2ccccc2)cc1)Nc1ccc(C(F)(F)F)cc1. The highest BCUT2D eigenvalue weighted by Gasteiger charge is 2.30. The van der Waals surface area contributed by atoms with Crippen molar-refractivity contribution < 1.29 is 32.2 Å². The highest BCUT2D eigenvalue weighted by atomic mass is 19.4. The Morgan fingerprint density at radius 3 is 2.00 bits per heavy atom. The van der Waals surface area contributed by atoms with Gasteiger partial charge in [0.1, 0.15) is 11.5 Å². The molecule has 0 atom stereocenters. The Hall–Kier alpha value is -3.81. The minimum absolute atomic E-state index is 0.159. The van der Waals surface area contributed by atoms with Crippen LogP contribution >= 0.6 is 0 Å². The molecule has 0 aliphatic heterocycles. The van der Waals surface area contributed by atoms with Crippen LogP contribution in [0.5, 0.6) is 11.5 Å². The number of carbonyl (C=O) groups is 2. The summed E-state index contributed by atoms with van der Waals surface area (Å²) in [6.45, 7) is -0.581. The number of amides is 1. The van der Waals surface area contributed by atoms with Crippen LogP contribution in [-0.2, 0) is 15.7 Å². The number of anilines is 1. The van der Waals surface area contributed by atoms with Crippen molar-refractivity contribution in [2.24, 2.45) is 0 Å². The normalized spacial score (nSPS) is 10.9. The van der Waals surface area contributed by atoms with Crippen molar-refractivity contribution in [1.82, 2.24) is 0 Å². The van der Waals surface area contributed by atoms with Gasteiger partial charge in [0.25, 0.3) is 5.91 Å². The van der Waals surface area contributed by atoms with Crippen LogP contribution in [0.4, 0.5) is 18.9 Å². The van der Waals surface area contributed by atoms with Gasteiger partial charge >= 0.3 is 12.1 Å². The Labute approximate surface area is 170 Å². The minimum Gasteiger partial charge on any atom is -0.457 e. The topological polar surface area (TPSA) is 64.6 Å². The van der Waals surface area contributed by atoms with Crippen LogP contribution in [0.3, 0.4) is 0 Å². The van der Waals surface area contributed by atoms with Crippen molar-refractivity contribution >= 4 is 17.6 Å². The third-order valence-corrected chi connectivity index (χ3v) is 3.90. The molecule has 0 spiro atoms. The molecule has 0 saturated heterocycles. The molecule has 0 saturated carbocycles. The molecule has 0 radical (unpaired) electrons. The Kier molecular flexibility index (Phi) is 6.36. The van der Waals surface area contributed by atoms with Crippen molar-refractivity contribution in [1.29, 1.82) is 0 Å². The molecule has 30 heavy (non-hydrogen) atoms. The number of benzene rings is 3. The van der Waals surface area contributed by atoms with Crippen molar-refractivity contribution in [3.05, 3.63) is 90.0 Å². The molecular weight excluding hydrogens is 399 g/mol. The molecule has 0 aliphatic carbocycles. The van der Waals surface area contributed by atoms with Gasteiger partial charge in [-0.15, -0.1) is 0 Å². The average molecular weight is 415 g/mol. The summed E-state index contributed by atoms with van der Waals surface area (Å²) in [5, 5.41) is 2.36. The van der Waals surface area contributed by atoms with Crippen LogP contribution in [0.25, 0.3) is 0 Å². The summed E-state index contributed by atoms with van der Waals surface area (Å²) in [6, 6.07) is 19.2. The van der Waals surface area contributed by atoms with Crippen LogP contribution in [0.15, 0.2) is 78.9 Å². The van der Waals surface area contributed by atoms with E-state index in [2.05, 4.69) is 5.32 Å². The van der Waals surface area contributed by atoms with Gasteiger partial charge in [0.05, 0.1) is 11.1 Å². The van der Waals surface area contributed by atoms with E-state index in [9.17, 15) is 22.8 Å². The van der Waals surface area contributed by atoms with E-state index in [4.69, 9.17) is 9.47 Å². The largest absolute Gasteiger partial charge is 0.457 e. The number of hydrogen-bond acceptors (Lipinski definition) is 4. The predicted molar refractivity (Wildman–Crippen MR) is 103 cm³/mol. The van der Waals surface area contributed by atoms with Crippen molar-refractivity contribution in [3.8, 4) is 11.5 Å². The number of halogens is 3. The predicted octanol–water partition coefficient (Wildman–Crippen LogP) is 5.29. The second kappa shape index (κ2) is 9.13. The first-order chi connectivity index (χ1) is 14.3. The van der Waals surface area contributed by atoms with Gasteiger partial charge in [0.15, 0.2) is 6.61 Å². The number of alkyl halides is 3. The Bertz CT molecular complexity index is 1000. The smallest absolute Gasteiger partial charge is 0.416 e. The molecule has 3 rings (SSSR count). The number of carbonyl (C=O) groups excluding carboxylic acids is 2. The summed E-state index contributed by atoms with van der Waals surface area (Å²) in [4.78, 5) is 23.9. The maximum atomic E-state index is 12.5. The van der Waals surface area contributed by atoms with Gasteiger partial charge < -0.3 is 14.8 Å². The summed E-state index contributed by atoms with van der Waals surface area (Å²) in [5.74, 6) is -0.221. The van der Waals surface area contributed by atoms with E-state index in [1.807, 2.05) is 18.2 Å². The van der Waals surface area contributed by atoms with Gasteiger partial charge in [0.2, 0.25) is 0 Å². The summed E-state index contributed by atoms with van der Waals surface area (Å²) in [5.41, 5.74) is -0.448. The lowest BCUT2D eigenvalue weighted by molar-refractivity contribution is -0.137. The summed E-state index contributed by atoms with van der Waals surface area (Å²) in [7, 11) is 0. The van der Waals surface area contributed by atoms with Crippen LogP contribution in [-0.4, -0.2) is 18.5 Å². The van der Waals surface area contributed by atoms with Gasteiger partial charge in [-0.1, -0.05) is 18.2 Å². The van der Waals surface area contributed by atoms with Crippen LogP contribution < -0.4 is 10.1 Å². The fraction of sp³-hybridized carbons (Fsp3) is 0.0909. The van der Waals surface area contributed by atoms with Crippen LogP contribution in [0.2, 0.25) is 0 Å². The zero-order valence-corrected chi connectivity index (χ0v) is 15.5. The molecule has 0 heterocycles.